The number of rotatable bonds is 4. The molecule has 0 aliphatic heterocycles. The molecule has 1 heterocycles. The highest BCUT2D eigenvalue weighted by Crippen LogP contribution is 2.28. The third-order valence-corrected chi connectivity index (χ3v) is 4.36. The van der Waals surface area contributed by atoms with E-state index in [1.165, 1.54) is 0 Å². The number of carbonyl (C=O) groups is 1. The minimum Gasteiger partial charge on any atom is -0.395 e. The van der Waals surface area contributed by atoms with Gasteiger partial charge >= 0.3 is 0 Å². The SMILES string of the molecule is Cc1nc2c(NC(=O)c3c(Cl)cccc3Cl)cccc2n1CCO.Cl. The summed E-state index contributed by atoms with van der Waals surface area (Å²) in [5.41, 5.74) is 2.28. The van der Waals surface area contributed by atoms with Gasteiger partial charge in [-0.2, -0.15) is 0 Å². The number of imidazole rings is 1. The van der Waals surface area contributed by atoms with E-state index >= 15 is 0 Å². The Kier molecular flexibility index (Phi) is 6.30. The molecule has 0 radical (unpaired) electrons. The van der Waals surface area contributed by atoms with E-state index < -0.39 is 5.91 Å². The Morgan fingerprint density at radius 3 is 2.48 bits per heavy atom. The average molecular weight is 401 g/mol. The van der Waals surface area contributed by atoms with Gasteiger partial charge in [0.15, 0.2) is 0 Å². The number of nitrogens with zero attached hydrogens (tertiary/aromatic N) is 2. The summed E-state index contributed by atoms with van der Waals surface area (Å²) in [7, 11) is 0. The fourth-order valence-corrected chi connectivity index (χ4v) is 3.21. The van der Waals surface area contributed by atoms with Gasteiger partial charge in [-0.25, -0.2) is 4.98 Å². The smallest absolute Gasteiger partial charge is 0.258 e. The van der Waals surface area contributed by atoms with Crippen molar-refractivity contribution in [1.82, 2.24) is 9.55 Å². The molecule has 3 rings (SSSR count). The largest absolute Gasteiger partial charge is 0.395 e. The molecule has 0 saturated heterocycles. The molecule has 132 valence electrons. The molecule has 0 saturated carbocycles. The van der Waals surface area contributed by atoms with Crippen molar-refractivity contribution in [3.8, 4) is 0 Å². The Bertz CT molecular complexity index is 905. The molecule has 3 aromatic rings. The second-order valence-electron chi connectivity index (χ2n) is 5.26. The van der Waals surface area contributed by atoms with Crippen LogP contribution in [0.25, 0.3) is 11.0 Å². The number of aromatic nitrogens is 2. The number of carbonyl (C=O) groups excluding carboxylic acids is 1. The lowest BCUT2D eigenvalue weighted by atomic mass is 10.2. The number of nitrogens with one attached hydrogen (secondary N) is 1. The summed E-state index contributed by atoms with van der Waals surface area (Å²) in [6, 6.07) is 10.4. The van der Waals surface area contributed by atoms with E-state index in [1.54, 1.807) is 24.3 Å². The highest BCUT2D eigenvalue weighted by atomic mass is 35.5. The lowest BCUT2D eigenvalue weighted by Gasteiger charge is -2.09. The summed E-state index contributed by atoms with van der Waals surface area (Å²) in [5.74, 6) is 0.365. The van der Waals surface area contributed by atoms with Crippen LogP contribution in [0.3, 0.4) is 0 Å². The van der Waals surface area contributed by atoms with E-state index in [9.17, 15) is 9.90 Å². The fraction of sp³-hybridized carbons (Fsp3) is 0.176. The molecular weight excluding hydrogens is 385 g/mol. The predicted octanol–water partition coefficient (Wildman–Crippen LogP) is 4.32. The molecule has 25 heavy (non-hydrogen) atoms. The highest BCUT2D eigenvalue weighted by Gasteiger charge is 2.17. The minimum atomic E-state index is -0.396. The van der Waals surface area contributed by atoms with Gasteiger partial charge in [-0.3, -0.25) is 4.79 Å². The van der Waals surface area contributed by atoms with Crippen molar-refractivity contribution in [2.45, 2.75) is 13.5 Å². The van der Waals surface area contributed by atoms with Crippen molar-refractivity contribution in [2.24, 2.45) is 0 Å². The van der Waals surface area contributed by atoms with Crippen LogP contribution in [0.4, 0.5) is 5.69 Å². The lowest BCUT2D eigenvalue weighted by molar-refractivity contribution is 0.102. The third-order valence-electron chi connectivity index (χ3n) is 3.73. The standard InChI is InChI=1S/C17H15Cl2N3O2.ClH/c1-10-20-16-13(6-3-7-14(16)22(10)8-9-23)21-17(24)15-11(18)4-2-5-12(15)19;/h2-7,23H,8-9H2,1H3,(H,21,24);1H. The maximum atomic E-state index is 12.6. The summed E-state index contributed by atoms with van der Waals surface area (Å²) in [6.45, 7) is 2.31. The zero-order valence-corrected chi connectivity index (χ0v) is 15.6. The number of hydrogen-bond acceptors (Lipinski definition) is 3. The van der Waals surface area contributed by atoms with E-state index in [0.29, 0.717) is 17.7 Å². The molecule has 2 N–H and O–H groups in total. The highest BCUT2D eigenvalue weighted by molar-refractivity contribution is 6.40. The molecule has 0 aliphatic carbocycles. The normalized spacial score (nSPS) is 10.6. The van der Waals surface area contributed by atoms with Crippen molar-refractivity contribution < 1.29 is 9.90 Å². The van der Waals surface area contributed by atoms with Gasteiger partial charge in [0.25, 0.3) is 5.91 Å². The van der Waals surface area contributed by atoms with E-state index in [1.807, 2.05) is 23.6 Å². The number of anilines is 1. The monoisotopic (exact) mass is 399 g/mol. The molecular formula is C17H16Cl3N3O2. The molecule has 8 heteroatoms. The second kappa shape index (κ2) is 8.06. The number of aliphatic hydroxyl groups excluding tert-OH is 1. The van der Waals surface area contributed by atoms with Gasteiger partial charge in [-0.1, -0.05) is 35.3 Å². The van der Waals surface area contributed by atoms with Gasteiger partial charge in [0.1, 0.15) is 11.3 Å². The molecule has 0 atom stereocenters. The van der Waals surface area contributed by atoms with Crippen LogP contribution < -0.4 is 5.32 Å². The molecule has 0 bridgehead atoms. The lowest BCUT2D eigenvalue weighted by Crippen LogP contribution is -2.13. The number of amides is 1. The zero-order valence-electron chi connectivity index (χ0n) is 13.3. The Balaban J connectivity index is 0.00000225. The zero-order chi connectivity index (χ0) is 17.3. The van der Waals surface area contributed by atoms with Gasteiger partial charge in [-0.15, -0.1) is 12.4 Å². The number of hydrogen-bond donors (Lipinski definition) is 2. The summed E-state index contributed by atoms with van der Waals surface area (Å²) < 4.78 is 1.90. The number of halogens is 3. The second-order valence-corrected chi connectivity index (χ2v) is 6.07. The molecule has 2 aromatic carbocycles. The Morgan fingerprint density at radius 2 is 1.84 bits per heavy atom. The number of para-hydroxylation sites is 1. The first kappa shape index (κ1) is 19.5. The minimum absolute atomic E-state index is 0. The van der Waals surface area contributed by atoms with Crippen molar-refractivity contribution in [3.63, 3.8) is 0 Å². The van der Waals surface area contributed by atoms with Crippen LogP contribution in [-0.2, 0) is 6.54 Å². The summed E-state index contributed by atoms with van der Waals surface area (Å²) in [5, 5.41) is 12.6. The first-order valence-corrected chi connectivity index (χ1v) is 8.10. The molecule has 0 fully saturated rings. The molecule has 0 spiro atoms. The number of fused-ring (bicyclic) bond motifs is 1. The van der Waals surface area contributed by atoms with Crippen LogP contribution in [0.1, 0.15) is 16.2 Å². The van der Waals surface area contributed by atoms with Gasteiger partial charge in [-0.05, 0) is 31.2 Å². The maximum absolute atomic E-state index is 12.6. The molecule has 1 amide bonds. The Hall–Kier alpha value is -1.79. The Morgan fingerprint density at radius 1 is 1.20 bits per heavy atom. The molecule has 0 unspecified atom stereocenters. The van der Waals surface area contributed by atoms with E-state index in [2.05, 4.69) is 10.3 Å². The van der Waals surface area contributed by atoms with Gasteiger partial charge in [0, 0.05) is 6.54 Å². The Labute approximate surface area is 161 Å². The van der Waals surface area contributed by atoms with Crippen LogP contribution in [0.5, 0.6) is 0 Å². The molecule has 0 aliphatic rings. The van der Waals surface area contributed by atoms with Crippen molar-refractivity contribution in [2.75, 3.05) is 11.9 Å². The summed E-state index contributed by atoms with van der Waals surface area (Å²) in [4.78, 5) is 17.1. The summed E-state index contributed by atoms with van der Waals surface area (Å²) >= 11 is 12.2. The van der Waals surface area contributed by atoms with Crippen molar-refractivity contribution in [3.05, 3.63) is 57.8 Å². The van der Waals surface area contributed by atoms with Crippen LogP contribution in [0.2, 0.25) is 10.0 Å². The van der Waals surface area contributed by atoms with E-state index in [0.717, 1.165) is 11.3 Å². The van der Waals surface area contributed by atoms with Crippen LogP contribution in [0, 0.1) is 6.92 Å². The van der Waals surface area contributed by atoms with Crippen LogP contribution in [0.15, 0.2) is 36.4 Å². The number of aryl methyl sites for hydroxylation is 1. The topological polar surface area (TPSA) is 67.2 Å². The fourth-order valence-electron chi connectivity index (χ4n) is 2.65. The van der Waals surface area contributed by atoms with Gasteiger partial charge in [0.05, 0.1) is 33.4 Å². The molecule has 1 aromatic heterocycles. The van der Waals surface area contributed by atoms with E-state index in [4.69, 9.17) is 23.2 Å². The molecule has 5 nitrogen and oxygen atoms in total. The quantitative estimate of drug-likeness (QED) is 0.685. The van der Waals surface area contributed by atoms with Gasteiger partial charge < -0.3 is 15.0 Å². The first-order valence-electron chi connectivity index (χ1n) is 7.35. The van der Waals surface area contributed by atoms with Crippen LogP contribution >= 0.6 is 35.6 Å². The number of benzene rings is 2. The summed E-state index contributed by atoms with van der Waals surface area (Å²) in [6.07, 6.45) is 0. The number of aliphatic hydroxyl groups is 1. The first-order chi connectivity index (χ1) is 11.5. The average Bonchev–Trinajstić information content (AvgIpc) is 2.85. The van der Waals surface area contributed by atoms with Gasteiger partial charge in [0.2, 0.25) is 0 Å². The third kappa shape index (κ3) is 3.75. The van der Waals surface area contributed by atoms with E-state index in [-0.39, 0.29) is 34.6 Å². The maximum Gasteiger partial charge on any atom is 0.258 e. The van der Waals surface area contributed by atoms with Crippen molar-refractivity contribution in [1.29, 1.82) is 0 Å². The predicted molar refractivity (Wildman–Crippen MR) is 103 cm³/mol. The van der Waals surface area contributed by atoms with Crippen molar-refractivity contribution >= 4 is 58.2 Å². The van der Waals surface area contributed by atoms with Crippen LogP contribution in [-0.4, -0.2) is 27.2 Å².